The van der Waals surface area contributed by atoms with Crippen molar-refractivity contribution in [1.82, 2.24) is 9.97 Å². The molecular weight excluding hydrogens is 245 g/mol. The van der Waals surface area contributed by atoms with Crippen LogP contribution >= 0.6 is 0 Å². The molecule has 0 atom stereocenters. The normalized spacial score (nSPS) is 12.4. The molecular formula is C12H7F3N2O. The van der Waals surface area contributed by atoms with Crippen molar-refractivity contribution in [3.8, 4) is 0 Å². The lowest BCUT2D eigenvalue weighted by Gasteiger charge is -2.07. The molecule has 1 aromatic carbocycles. The summed E-state index contributed by atoms with van der Waals surface area (Å²) in [5.41, 5.74) is -0.719. The monoisotopic (exact) mass is 252 g/mol. The highest BCUT2D eigenvalue weighted by Crippen LogP contribution is 2.34. The quantitative estimate of drug-likeness (QED) is 0.634. The number of aromatic amines is 2. The maximum absolute atomic E-state index is 12.8. The Hall–Kier alpha value is -2.24. The Morgan fingerprint density at radius 2 is 1.83 bits per heavy atom. The number of aromatic nitrogens is 2. The summed E-state index contributed by atoms with van der Waals surface area (Å²) >= 11 is 0. The Labute approximate surface area is 98.2 Å². The molecule has 0 aliphatic heterocycles. The molecule has 18 heavy (non-hydrogen) atoms. The SMILES string of the molecule is O=c1ccc2c(c1)[nH]c1c(C(F)(F)F)[nH]ccc12. The van der Waals surface area contributed by atoms with Crippen LogP contribution in [0.25, 0.3) is 21.8 Å². The summed E-state index contributed by atoms with van der Waals surface area (Å²) < 4.78 is 38.4. The molecule has 92 valence electrons. The molecule has 0 aliphatic rings. The third-order valence-electron chi connectivity index (χ3n) is 2.82. The van der Waals surface area contributed by atoms with E-state index in [1.54, 1.807) is 6.07 Å². The number of nitrogens with one attached hydrogen (secondary N) is 2. The van der Waals surface area contributed by atoms with Gasteiger partial charge in [0.05, 0.1) is 11.0 Å². The Bertz CT molecular complexity index is 798. The number of pyridine rings is 1. The number of hydrogen-bond acceptors (Lipinski definition) is 1. The van der Waals surface area contributed by atoms with Gasteiger partial charge in [-0.3, -0.25) is 4.79 Å². The predicted molar refractivity (Wildman–Crippen MR) is 61.4 cm³/mol. The van der Waals surface area contributed by atoms with E-state index < -0.39 is 11.9 Å². The minimum Gasteiger partial charge on any atom is -0.356 e. The Balaban J connectivity index is 2.50. The molecule has 0 radical (unpaired) electrons. The van der Waals surface area contributed by atoms with Crippen LogP contribution < -0.4 is 5.43 Å². The number of fused-ring (bicyclic) bond motifs is 3. The number of rotatable bonds is 0. The second-order valence-electron chi connectivity index (χ2n) is 3.97. The highest BCUT2D eigenvalue weighted by atomic mass is 19.4. The fraction of sp³-hybridized carbons (Fsp3) is 0.0833. The standard InChI is InChI=1S/C12H7F3N2O/c13-12(14,15)11-10-8(3-4-16-11)7-2-1-6(18)5-9(7)17-10/h1-5,16-17H. The fourth-order valence-corrected chi connectivity index (χ4v) is 2.07. The van der Waals surface area contributed by atoms with E-state index in [0.29, 0.717) is 16.3 Å². The summed E-state index contributed by atoms with van der Waals surface area (Å²) in [6, 6.07) is 5.69. The van der Waals surface area contributed by atoms with Crippen LogP contribution in [-0.2, 0) is 6.18 Å². The van der Waals surface area contributed by atoms with Crippen LogP contribution in [-0.4, -0.2) is 9.97 Å². The third kappa shape index (κ3) is 1.49. The van der Waals surface area contributed by atoms with Crippen molar-refractivity contribution in [1.29, 1.82) is 0 Å². The molecule has 2 heterocycles. The van der Waals surface area contributed by atoms with E-state index in [9.17, 15) is 18.0 Å². The molecule has 0 saturated carbocycles. The Morgan fingerprint density at radius 3 is 2.56 bits per heavy atom. The van der Waals surface area contributed by atoms with E-state index in [1.165, 1.54) is 24.4 Å². The minimum atomic E-state index is -4.47. The summed E-state index contributed by atoms with van der Waals surface area (Å²) in [4.78, 5) is 16.0. The van der Waals surface area contributed by atoms with E-state index in [1.807, 2.05) is 0 Å². The maximum atomic E-state index is 12.8. The molecule has 3 aromatic rings. The van der Waals surface area contributed by atoms with Crippen LogP contribution in [0.15, 0.2) is 35.3 Å². The van der Waals surface area contributed by atoms with Gasteiger partial charge in [-0.05, 0) is 18.2 Å². The van der Waals surface area contributed by atoms with Crippen LogP contribution in [0.2, 0.25) is 0 Å². The second-order valence-corrected chi connectivity index (χ2v) is 3.97. The van der Waals surface area contributed by atoms with Gasteiger partial charge in [-0.1, -0.05) is 0 Å². The van der Waals surface area contributed by atoms with Gasteiger partial charge in [0.15, 0.2) is 5.43 Å². The molecule has 0 unspecified atom stereocenters. The van der Waals surface area contributed by atoms with Gasteiger partial charge in [-0.25, -0.2) is 0 Å². The van der Waals surface area contributed by atoms with Crippen LogP contribution in [0.4, 0.5) is 13.2 Å². The highest BCUT2D eigenvalue weighted by Gasteiger charge is 2.34. The molecule has 6 heteroatoms. The van der Waals surface area contributed by atoms with Crippen molar-refractivity contribution in [2.24, 2.45) is 0 Å². The first-order valence-corrected chi connectivity index (χ1v) is 5.17. The van der Waals surface area contributed by atoms with Gasteiger partial charge in [-0.2, -0.15) is 13.2 Å². The molecule has 0 bridgehead atoms. The molecule has 2 aromatic heterocycles. The smallest absolute Gasteiger partial charge is 0.356 e. The lowest BCUT2D eigenvalue weighted by Crippen LogP contribution is -2.08. The van der Waals surface area contributed by atoms with Crippen molar-refractivity contribution < 1.29 is 13.2 Å². The van der Waals surface area contributed by atoms with Gasteiger partial charge < -0.3 is 9.97 Å². The van der Waals surface area contributed by atoms with Gasteiger partial charge in [-0.15, -0.1) is 0 Å². The van der Waals surface area contributed by atoms with Crippen LogP contribution in [0.1, 0.15) is 5.69 Å². The minimum absolute atomic E-state index is 0.0365. The van der Waals surface area contributed by atoms with Crippen molar-refractivity contribution in [3.63, 3.8) is 0 Å². The molecule has 0 spiro atoms. The summed E-state index contributed by atoms with van der Waals surface area (Å²) in [7, 11) is 0. The molecule has 3 rings (SSSR count). The lowest BCUT2D eigenvalue weighted by atomic mass is 10.1. The molecule has 3 nitrogen and oxygen atoms in total. The van der Waals surface area contributed by atoms with Gasteiger partial charge in [0.2, 0.25) is 0 Å². The number of hydrogen-bond donors (Lipinski definition) is 2. The zero-order valence-corrected chi connectivity index (χ0v) is 8.93. The number of alkyl halides is 3. The van der Waals surface area contributed by atoms with E-state index >= 15 is 0 Å². The first kappa shape index (κ1) is 10.9. The average Bonchev–Trinajstić information content (AvgIpc) is 2.64. The Morgan fingerprint density at radius 1 is 1.06 bits per heavy atom. The van der Waals surface area contributed by atoms with E-state index in [-0.39, 0.29) is 10.9 Å². The first-order chi connectivity index (χ1) is 8.47. The molecule has 0 saturated heterocycles. The molecule has 0 amide bonds. The topological polar surface area (TPSA) is 48.6 Å². The van der Waals surface area contributed by atoms with Gasteiger partial charge in [0.1, 0.15) is 5.69 Å². The van der Waals surface area contributed by atoms with Gasteiger partial charge >= 0.3 is 6.18 Å². The second kappa shape index (κ2) is 3.38. The highest BCUT2D eigenvalue weighted by molar-refractivity contribution is 6.07. The molecule has 2 N–H and O–H groups in total. The Kier molecular flexibility index (Phi) is 2.04. The van der Waals surface area contributed by atoms with Crippen LogP contribution in [0.3, 0.4) is 0 Å². The van der Waals surface area contributed by atoms with Crippen molar-refractivity contribution >= 4 is 21.8 Å². The molecule has 0 aliphatic carbocycles. The van der Waals surface area contributed by atoms with Crippen molar-refractivity contribution in [2.45, 2.75) is 6.18 Å². The zero-order chi connectivity index (χ0) is 12.9. The predicted octanol–water partition coefficient (Wildman–Crippen LogP) is 3.03. The van der Waals surface area contributed by atoms with Crippen molar-refractivity contribution in [2.75, 3.05) is 0 Å². The molecule has 0 fully saturated rings. The van der Waals surface area contributed by atoms with E-state index in [2.05, 4.69) is 9.97 Å². The first-order valence-electron chi connectivity index (χ1n) is 5.17. The van der Waals surface area contributed by atoms with E-state index in [0.717, 1.165) is 0 Å². The average molecular weight is 252 g/mol. The largest absolute Gasteiger partial charge is 0.433 e. The van der Waals surface area contributed by atoms with Crippen LogP contribution in [0.5, 0.6) is 0 Å². The zero-order valence-electron chi connectivity index (χ0n) is 8.93. The lowest BCUT2D eigenvalue weighted by molar-refractivity contribution is -0.139. The summed E-state index contributed by atoms with van der Waals surface area (Å²) in [5.74, 6) is 0. The summed E-state index contributed by atoms with van der Waals surface area (Å²) in [5, 5.41) is 1.04. The van der Waals surface area contributed by atoms with Crippen molar-refractivity contribution in [3.05, 3.63) is 46.4 Å². The number of halogens is 3. The number of benzene rings is 1. The van der Waals surface area contributed by atoms with Gasteiger partial charge in [0.25, 0.3) is 0 Å². The van der Waals surface area contributed by atoms with Crippen LogP contribution in [0, 0.1) is 0 Å². The van der Waals surface area contributed by atoms with Gasteiger partial charge in [0, 0.05) is 23.0 Å². The fourth-order valence-electron chi connectivity index (χ4n) is 2.07. The third-order valence-corrected chi connectivity index (χ3v) is 2.82. The number of H-pyrrole nitrogens is 2. The summed E-state index contributed by atoms with van der Waals surface area (Å²) in [6.45, 7) is 0. The maximum Gasteiger partial charge on any atom is 0.433 e. The summed E-state index contributed by atoms with van der Waals surface area (Å²) in [6.07, 6.45) is -3.23. The van der Waals surface area contributed by atoms with E-state index in [4.69, 9.17) is 0 Å².